The van der Waals surface area contributed by atoms with Gasteiger partial charge in [-0.25, -0.2) is 15.0 Å². The number of hydrogen-bond acceptors (Lipinski definition) is 9. The van der Waals surface area contributed by atoms with Gasteiger partial charge in [-0.2, -0.15) is 13.2 Å². The maximum atomic E-state index is 13.1. The third-order valence-corrected chi connectivity index (χ3v) is 5.57. The van der Waals surface area contributed by atoms with Crippen LogP contribution >= 0.6 is 11.3 Å². The Bertz CT molecular complexity index is 1360. The summed E-state index contributed by atoms with van der Waals surface area (Å²) < 4.78 is 44.0. The van der Waals surface area contributed by atoms with E-state index in [1.165, 1.54) is 43.9 Å². The molecule has 0 bridgehead atoms. The fourth-order valence-electron chi connectivity index (χ4n) is 2.90. The van der Waals surface area contributed by atoms with Crippen LogP contribution in [-0.2, 0) is 12.7 Å². The van der Waals surface area contributed by atoms with Gasteiger partial charge >= 0.3 is 6.18 Å². The number of thiazole rings is 1. The van der Waals surface area contributed by atoms with Crippen LogP contribution in [-0.4, -0.2) is 31.9 Å². The number of nitrogens with one attached hydrogen (secondary N) is 3. The molecule has 3 heterocycles. The summed E-state index contributed by atoms with van der Waals surface area (Å²) in [5.74, 6) is -0.381. The fraction of sp³-hybridized carbons (Fsp3) is 0.143. The first-order valence-corrected chi connectivity index (χ1v) is 10.7. The molecule has 0 fully saturated rings. The van der Waals surface area contributed by atoms with Crippen molar-refractivity contribution in [3.05, 3.63) is 75.8 Å². The van der Waals surface area contributed by atoms with Crippen molar-refractivity contribution in [2.45, 2.75) is 19.6 Å². The van der Waals surface area contributed by atoms with Gasteiger partial charge in [0.1, 0.15) is 34.0 Å². The molecule has 14 heteroatoms. The highest BCUT2D eigenvalue weighted by molar-refractivity contribution is 7.13. The molecule has 0 saturated carbocycles. The van der Waals surface area contributed by atoms with Crippen LogP contribution in [0.2, 0.25) is 0 Å². The van der Waals surface area contributed by atoms with Crippen LogP contribution in [0, 0.1) is 6.92 Å². The highest BCUT2D eigenvalue weighted by atomic mass is 32.1. The van der Waals surface area contributed by atoms with Crippen LogP contribution in [0.15, 0.2) is 53.6 Å². The summed E-state index contributed by atoms with van der Waals surface area (Å²) >= 11 is 0.992. The number of benzene rings is 1. The molecular formula is C21H16F3N7O3S. The van der Waals surface area contributed by atoms with Crippen LogP contribution in [0.4, 0.5) is 30.5 Å². The summed E-state index contributed by atoms with van der Waals surface area (Å²) in [4.78, 5) is 37.1. The maximum absolute atomic E-state index is 13.1. The molecule has 1 aromatic carbocycles. The Morgan fingerprint density at radius 2 is 1.89 bits per heavy atom. The number of hydrogen-bond donors (Lipinski definition) is 3. The molecule has 4 rings (SSSR count). The normalized spacial score (nSPS) is 11.2. The van der Waals surface area contributed by atoms with E-state index in [1.807, 2.05) is 0 Å². The number of carbonyl (C=O) groups is 2. The first-order chi connectivity index (χ1) is 16.7. The Hall–Kier alpha value is -4.33. The second kappa shape index (κ2) is 9.89. The molecule has 0 aliphatic carbocycles. The number of aryl methyl sites for hydroxylation is 1. The molecule has 0 radical (unpaired) electrons. The maximum Gasteiger partial charge on any atom is 0.416 e. The SMILES string of the molecule is Cc1ccc(NC(=O)c2cnc(CNC(=O)c3cc(Nc4ccon4)ncn3)s2)cc1C(F)(F)F. The lowest BCUT2D eigenvalue weighted by molar-refractivity contribution is -0.138. The van der Waals surface area contributed by atoms with E-state index in [4.69, 9.17) is 4.52 Å². The highest BCUT2D eigenvalue weighted by Gasteiger charge is 2.32. The topological polar surface area (TPSA) is 135 Å². The summed E-state index contributed by atoms with van der Waals surface area (Å²) in [6.45, 7) is 1.35. The van der Waals surface area contributed by atoms with E-state index >= 15 is 0 Å². The molecule has 0 atom stereocenters. The molecule has 0 unspecified atom stereocenters. The lowest BCUT2D eigenvalue weighted by Gasteiger charge is -2.12. The van der Waals surface area contributed by atoms with Crippen molar-refractivity contribution in [1.29, 1.82) is 0 Å². The Morgan fingerprint density at radius 3 is 2.63 bits per heavy atom. The number of nitrogens with zero attached hydrogens (tertiary/aromatic N) is 4. The van der Waals surface area contributed by atoms with Crippen molar-refractivity contribution in [1.82, 2.24) is 25.4 Å². The number of amides is 2. The summed E-state index contributed by atoms with van der Waals surface area (Å²) in [7, 11) is 0. The Morgan fingerprint density at radius 1 is 1.06 bits per heavy atom. The van der Waals surface area contributed by atoms with E-state index in [0.717, 1.165) is 17.4 Å². The number of alkyl halides is 3. The third-order valence-electron chi connectivity index (χ3n) is 4.57. The minimum Gasteiger partial charge on any atom is -0.363 e. The van der Waals surface area contributed by atoms with Crippen molar-refractivity contribution < 1.29 is 27.3 Å². The smallest absolute Gasteiger partial charge is 0.363 e. The number of halogens is 3. The Kier molecular flexibility index (Phi) is 6.73. The second-order valence-electron chi connectivity index (χ2n) is 7.08. The predicted molar refractivity (Wildman–Crippen MR) is 119 cm³/mol. The molecule has 4 aromatic rings. The zero-order valence-corrected chi connectivity index (χ0v) is 18.7. The van der Waals surface area contributed by atoms with Gasteiger partial charge in [-0.05, 0) is 24.6 Å². The number of aromatic nitrogens is 4. The lowest BCUT2D eigenvalue weighted by Crippen LogP contribution is -2.24. The molecular weight excluding hydrogens is 487 g/mol. The van der Waals surface area contributed by atoms with Gasteiger partial charge in [-0.3, -0.25) is 9.59 Å². The summed E-state index contributed by atoms with van der Waals surface area (Å²) in [5, 5.41) is 12.0. The van der Waals surface area contributed by atoms with Crippen LogP contribution in [0.1, 0.15) is 36.3 Å². The highest BCUT2D eigenvalue weighted by Crippen LogP contribution is 2.33. The van der Waals surface area contributed by atoms with Gasteiger partial charge in [0.25, 0.3) is 11.8 Å². The average molecular weight is 503 g/mol. The lowest BCUT2D eigenvalue weighted by atomic mass is 10.1. The van der Waals surface area contributed by atoms with Crippen LogP contribution in [0.5, 0.6) is 0 Å². The Labute approximate surface area is 199 Å². The minimum absolute atomic E-state index is 0.00923. The van der Waals surface area contributed by atoms with Crippen molar-refractivity contribution in [2.24, 2.45) is 0 Å². The van der Waals surface area contributed by atoms with Gasteiger partial charge < -0.3 is 20.5 Å². The standard InChI is InChI=1S/C21H16F3N7O3S/c1-11-2-3-12(6-13(11)21(22,23)24)29-20(33)15-8-25-18(35-15)9-26-19(32)14-7-17(28-10-27-14)30-16-4-5-34-31-16/h2-8,10H,9H2,1H3,(H,26,32)(H,29,33)(H,27,28,30,31). The number of anilines is 3. The van der Waals surface area contributed by atoms with E-state index < -0.39 is 23.6 Å². The van der Waals surface area contributed by atoms with Gasteiger partial charge in [-0.15, -0.1) is 11.3 Å². The summed E-state index contributed by atoms with van der Waals surface area (Å²) in [6, 6.07) is 6.54. The molecule has 0 aliphatic heterocycles. The van der Waals surface area contributed by atoms with E-state index in [9.17, 15) is 22.8 Å². The second-order valence-corrected chi connectivity index (χ2v) is 8.20. The molecule has 3 N–H and O–H groups in total. The zero-order chi connectivity index (χ0) is 25.0. The van der Waals surface area contributed by atoms with Crippen molar-refractivity contribution >= 4 is 40.5 Å². The fourth-order valence-corrected chi connectivity index (χ4v) is 3.65. The van der Waals surface area contributed by atoms with Gasteiger partial charge in [-0.1, -0.05) is 11.2 Å². The molecule has 0 saturated heterocycles. The molecule has 2 amide bonds. The average Bonchev–Trinajstić information content (AvgIpc) is 3.50. The van der Waals surface area contributed by atoms with E-state index in [1.54, 1.807) is 6.07 Å². The quantitative estimate of drug-likeness (QED) is 0.342. The van der Waals surface area contributed by atoms with Gasteiger partial charge in [0.2, 0.25) is 0 Å². The first-order valence-electron chi connectivity index (χ1n) is 9.90. The predicted octanol–water partition coefficient (Wildman–Crippen LogP) is 4.17. The number of carbonyl (C=O) groups excluding carboxylic acids is 2. The molecule has 3 aromatic heterocycles. The van der Waals surface area contributed by atoms with Crippen molar-refractivity contribution in [2.75, 3.05) is 10.6 Å². The van der Waals surface area contributed by atoms with Crippen molar-refractivity contribution in [3.63, 3.8) is 0 Å². The summed E-state index contributed by atoms with van der Waals surface area (Å²) in [5.41, 5.74) is -0.682. The molecule has 35 heavy (non-hydrogen) atoms. The minimum atomic E-state index is -4.53. The van der Waals surface area contributed by atoms with Crippen LogP contribution in [0.25, 0.3) is 0 Å². The van der Waals surface area contributed by atoms with Crippen LogP contribution < -0.4 is 16.0 Å². The van der Waals surface area contributed by atoms with E-state index in [2.05, 4.69) is 36.1 Å². The zero-order valence-electron chi connectivity index (χ0n) is 17.9. The molecule has 0 aliphatic rings. The van der Waals surface area contributed by atoms with E-state index in [0.29, 0.717) is 16.6 Å². The van der Waals surface area contributed by atoms with Gasteiger partial charge in [0, 0.05) is 17.8 Å². The molecule has 10 nitrogen and oxygen atoms in total. The number of rotatable bonds is 7. The van der Waals surface area contributed by atoms with Crippen LogP contribution in [0.3, 0.4) is 0 Å². The van der Waals surface area contributed by atoms with E-state index in [-0.39, 0.29) is 28.4 Å². The van der Waals surface area contributed by atoms with Gasteiger partial charge in [0.05, 0.1) is 18.3 Å². The Balaban J connectivity index is 1.35. The third kappa shape index (κ3) is 5.97. The van der Waals surface area contributed by atoms with Gasteiger partial charge in [0.15, 0.2) is 5.82 Å². The monoisotopic (exact) mass is 503 g/mol. The summed E-state index contributed by atoms with van der Waals surface area (Å²) in [6.07, 6.45) is -0.666. The first kappa shape index (κ1) is 23.8. The molecule has 0 spiro atoms. The molecule has 180 valence electrons. The van der Waals surface area contributed by atoms with Crippen molar-refractivity contribution in [3.8, 4) is 0 Å². The largest absolute Gasteiger partial charge is 0.416 e.